The Labute approximate surface area is 150 Å². The monoisotopic (exact) mass is 375 g/mol. The number of aromatic nitrogens is 1. The number of rotatable bonds is 7. The van der Waals surface area contributed by atoms with E-state index in [0.29, 0.717) is 24.3 Å². The van der Waals surface area contributed by atoms with Gasteiger partial charge in [0.25, 0.3) is 0 Å². The van der Waals surface area contributed by atoms with Crippen molar-refractivity contribution in [2.75, 3.05) is 37.2 Å². The molecule has 0 radical (unpaired) electrons. The van der Waals surface area contributed by atoms with Crippen LogP contribution in [0.4, 0.5) is 19.0 Å². The lowest BCUT2D eigenvalue weighted by Crippen LogP contribution is -2.40. The van der Waals surface area contributed by atoms with E-state index in [0.717, 1.165) is 19.2 Å². The van der Waals surface area contributed by atoms with Gasteiger partial charge in [-0.15, -0.1) is 0 Å². The fraction of sp³-hybridized carbons (Fsp3) is 0.625. The largest absolute Gasteiger partial charge is 0.419 e. The predicted molar refractivity (Wildman–Crippen MR) is 97.2 cm³/mol. The normalized spacial score (nSPS) is 18.2. The molecule has 0 aliphatic carbocycles. The standard InChI is InChI=1S/C16H24F3N5S/c1-2-20-15(24-11-12-5-4-10-25-12)23-9-8-22-14-13(16(17,18)19)6-3-7-21-14/h3,6-7,12H,2,4-5,8-11H2,1H3,(H,21,22)(H2,20,23,24). The molecule has 1 aromatic heterocycles. The summed E-state index contributed by atoms with van der Waals surface area (Å²) in [4.78, 5) is 8.33. The van der Waals surface area contributed by atoms with E-state index in [9.17, 15) is 13.2 Å². The Bertz CT molecular complexity index is 559. The van der Waals surface area contributed by atoms with Gasteiger partial charge in [0.15, 0.2) is 5.96 Å². The van der Waals surface area contributed by atoms with Crippen molar-refractivity contribution < 1.29 is 13.2 Å². The van der Waals surface area contributed by atoms with Gasteiger partial charge in [-0.05, 0) is 37.7 Å². The Balaban J connectivity index is 1.81. The minimum Gasteiger partial charge on any atom is -0.368 e. The van der Waals surface area contributed by atoms with Gasteiger partial charge in [0, 0.05) is 31.1 Å². The zero-order valence-corrected chi connectivity index (χ0v) is 15.0. The molecule has 3 N–H and O–H groups in total. The van der Waals surface area contributed by atoms with Gasteiger partial charge in [-0.2, -0.15) is 24.9 Å². The quantitative estimate of drug-likeness (QED) is 0.389. The van der Waals surface area contributed by atoms with Gasteiger partial charge in [0.2, 0.25) is 0 Å². The lowest BCUT2D eigenvalue weighted by molar-refractivity contribution is -0.137. The molecular weight excluding hydrogens is 351 g/mol. The van der Waals surface area contributed by atoms with Gasteiger partial charge < -0.3 is 16.0 Å². The highest BCUT2D eigenvalue weighted by atomic mass is 32.2. The maximum Gasteiger partial charge on any atom is 0.419 e. The number of nitrogens with one attached hydrogen (secondary N) is 3. The first-order valence-electron chi connectivity index (χ1n) is 8.40. The third-order valence-corrected chi connectivity index (χ3v) is 5.02. The van der Waals surface area contributed by atoms with Crippen LogP contribution in [0.15, 0.2) is 23.3 Å². The van der Waals surface area contributed by atoms with Crippen molar-refractivity contribution in [1.29, 1.82) is 0 Å². The van der Waals surface area contributed by atoms with Crippen LogP contribution in [-0.4, -0.2) is 48.1 Å². The number of hydrogen-bond donors (Lipinski definition) is 3. The summed E-state index contributed by atoms with van der Waals surface area (Å²) < 4.78 is 38.7. The number of guanidine groups is 1. The molecular formula is C16H24F3N5S. The summed E-state index contributed by atoms with van der Waals surface area (Å²) in [7, 11) is 0. The van der Waals surface area contributed by atoms with Crippen LogP contribution in [0.25, 0.3) is 0 Å². The first kappa shape index (κ1) is 19.7. The summed E-state index contributed by atoms with van der Waals surface area (Å²) in [5.41, 5.74) is -0.756. The number of hydrogen-bond acceptors (Lipinski definition) is 4. The highest BCUT2D eigenvalue weighted by molar-refractivity contribution is 8.00. The van der Waals surface area contributed by atoms with Crippen molar-refractivity contribution in [3.63, 3.8) is 0 Å². The zero-order valence-electron chi connectivity index (χ0n) is 14.2. The minimum absolute atomic E-state index is 0.152. The Morgan fingerprint density at radius 3 is 2.88 bits per heavy atom. The molecule has 1 saturated heterocycles. The van der Waals surface area contributed by atoms with Crippen LogP contribution in [0.1, 0.15) is 25.3 Å². The number of thioether (sulfide) groups is 1. The molecule has 0 spiro atoms. The van der Waals surface area contributed by atoms with Crippen molar-refractivity contribution in [2.45, 2.75) is 31.2 Å². The Morgan fingerprint density at radius 2 is 2.20 bits per heavy atom. The highest BCUT2D eigenvalue weighted by Gasteiger charge is 2.33. The maximum atomic E-state index is 12.9. The molecule has 0 amide bonds. The third-order valence-electron chi connectivity index (χ3n) is 3.64. The van der Waals surface area contributed by atoms with Gasteiger partial charge >= 0.3 is 6.18 Å². The van der Waals surface area contributed by atoms with Crippen LogP contribution < -0.4 is 16.0 Å². The zero-order chi connectivity index (χ0) is 18.1. The molecule has 5 nitrogen and oxygen atoms in total. The van der Waals surface area contributed by atoms with E-state index in [1.165, 1.54) is 30.9 Å². The average molecular weight is 375 g/mol. The molecule has 0 saturated carbocycles. The van der Waals surface area contributed by atoms with Crippen LogP contribution in [0.3, 0.4) is 0 Å². The molecule has 0 aromatic carbocycles. The molecule has 1 fully saturated rings. The Kier molecular flexibility index (Phi) is 7.67. The van der Waals surface area contributed by atoms with Crippen molar-refractivity contribution in [3.8, 4) is 0 Å². The number of pyridine rings is 1. The molecule has 0 bridgehead atoms. The van der Waals surface area contributed by atoms with Crippen molar-refractivity contribution in [3.05, 3.63) is 23.9 Å². The van der Waals surface area contributed by atoms with Crippen molar-refractivity contribution >= 4 is 23.5 Å². The van der Waals surface area contributed by atoms with E-state index in [1.807, 2.05) is 18.7 Å². The smallest absolute Gasteiger partial charge is 0.368 e. The van der Waals surface area contributed by atoms with Crippen LogP contribution in [0, 0.1) is 0 Å². The van der Waals surface area contributed by atoms with Crippen molar-refractivity contribution in [1.82, 2.24) is 15.6 Å². The number of alkyl halides is 3. The van der Waals surface area contributed by atoms with E-state index in [4.69, 9.17) is 0 Å². The summed E-state index contributed by atoms with van der Waals surface area (Å²) in [6.07, 6.45) is -0.644. The SMILES string of the molecule is CCNC(=NCC1CCCS1)NCCNc1ncccc1C(F)(F)F. The topological polar surface area (TPSA) is 61.3 Å². The van der Waals surface area contributed by atoms with Crippen LogP contribution in [0.5, 0.6) is 0 Å². The van der Waals surface area contributed by atoms with Crippen LogP contribution in [-0.2, 0) is 6.18 Å². The molecule has 2 rings (SSSR count). The van der Waals surface area contributed by atoms with Crippen molar-refractivity contribution in [2.24, 2.45) is 4.99 Å². The Hall–Kier alpha value is -1.64. The number of anilines is 1. The molecule has 1 aromatic rings. The van der Waals surface area contributed by atoms with Gasteiger partial charge in [0.1, 0.15) is 5.82 Å². The molecule has 1 aliphatic rings. The number of halogens is 3. The third kappa shape index (κ3) is 6.64. The maximum absolute atomic E-state index is 12.9. The second-order valence-corrected chi connectivity index (χ2v) is 7.01. The van der Waals surface area contributed by atoms with Crippen LogP contribution in [0.2, 0.25) is 0 Å². The summed E-state index contributed by atoms with van der Waals surface area (Å²) in [5.74, 6) is 1.73. The van der Waals surface area contributed by atoms with E-state index in [-0.39, 0.29) is 5.82 Å². The fourth-order valence-electron chi connectivity index (χ4n) is 2.46. The van der Waals surface area contributed by atoms with E-state index in [2.05, 4.69) is 25.9 Å². The highest BCUT2D eigenvalue weighted by Crippen LogP contribution is 2.33. The first-order chi connectivity index (χ1) is 12.0. The fourth-order valence-corrected chi connectivity index (χ4v) is 3.64. The average Bonchev–Trinajstić information content (AvgIpc) is 3.09. The second-order valence-electron chi connectivity index (χ2n) is 5.61. The van der Waals surface area contributed by atoms with Gasteiger partial charge in [-0.3, -0.25) is 4.99 Å². The molecule has 25 heavy (non-hydrogen) atoms. The van der Waals surface area contributed by atoms with E-state index >= 15 is 0 Å². The van der Waals surface area contributed by atoms with Gasteiger partial charge in [-0.1, -0.05) is 0 Å². The number of nitrogens with zero attached hydrogens (tertiary/aromatic N) is 2. The predicted octanol–water partition coefficient (Wildman–Crippen LogP) is 2.96. The lowest BCUT2D eigenvalue weighted by Gasteiger charge is -2.15. The number of aliphatic imine (C=N–C) groups is 1. The van der Waals surface area contributed by atoms with E-state index < -0.39 is 11.7 Å². The minimum atomic E-state index is -4.42. The summed E-state index contributed by atoms with van der Waals surface area (Å²) in [6.45, 7) is 4.21. The Morgan fingerprint density at radius 1 is 1.36 bits per heavy atom. The lowest BCUT2D eigenvalue weighted by atomic mass is 10.2. The molecule has 140 valence electrons. The molecule has 1 aliphatic heterocycles. The molecule has 2 heterocycles. The summed E-state index contributed by atoms with van der Waals surface area (Å²) in [5, 5.41) is 9.58. The van der Waals surface area contributed by atoms with Gasteiger partial charge in [0.05, 0.1) is 12.1 Å². The second kappa shape index (κ2) is 9.74. The molecule has 9 heteroatoms. The first-order valence-corrected chi connectivity index (χ1v) is 9.45. The van der Waals surface area contributed by atoms with Crippen LogP contribution >= 0.6 is 11.8 Å². The van der Waals surface area contributed by atoms with E-state index in [1.54, 1.807) is 0 Å². The molecule has 1 atom stereocenters. The summed E-state index contributed by atoms with van der Waals surface area (Å²) in [6, 6.07) is 2.30. The van der Waals surface area contributed by atoms with Gasteiger partial charge in [-0.25, -0.2) is 4.98 Å². The molecule has 1 unspecified atom stereocenters. The summed E-state index contributed by atoms with van der Waals surface area (Å²) >= 11 is 1.94.